The first kappa shape index (κ1) is 14.5. The van der Waals surface area contributed by atoms with Crippen LogP contribution in [0.5, 0.6) is 0 Å². The van der Waals surface area contributed by atoms with E-state index in [2.05, 4.69) is 34.7 Å². The lowest BCUT2D eigenvalue weighted by molar-refractivity contribution is -0.121. The zero-order valence-corrected chi connectivity index (χ0v) is 13.0. The second kappa shape index (κ2) is 7.03. The Morgan fingerprint density at radius 3 is 3.14 bits per heavy atom. The molecule has 1 aromatic heterocycles. The Kier molecular flexibility index (Phi) is 4.86. The van der Waals surface area contributed by atoms with Crippen molar-refractivity contribution < 1.29 is 4.79 Å². The lowest BCUT2D eigenvalue weighted by Crippen LogP contribution is -2.29. The van der Waals surface area contributed by atoms with Gasteiger partial charge in [0.25, 0.3) is 0 Å². The molecule has 2 aromatic rings. The van der Waals surface area contributed by atoms with Crippen molar-refractivity contribution >= 4 is 28.6 Å². The van der Waals surface area contributed by atoms with Gasteiger partial charge in [-0.1, -0.05) is 18.2 Å². The zero-order chi connectivity index (χ0) is 14.5. The molecule has 1 aromatic carbocycles. The van der Waals surface area contributed by atoms with Crippen LogP contribution in [0.15, 0.2) is 30.5 Å². The zero-order valence-electron chi connectivity index (χ0n) is 12.2. The van der Waals surface area contributed by atoms with E-state index in [9.17, 15) is 4.79 Å². The van der Waals surface area contributed by atoms with Gasteiger partial charge in [-0.15, -0.1) is 0 Å². The maximum atomic E-state index is 11.9. The summed E-state index contributed by atoms with van der Waals surface area (Å²) in [6.45, 7) is 0.844. The monoisotopic (exact) mass is 302 g/mol. The normalized spacial score (nSPS) is 18.2. The molecule has 1 amide bonds. The van der Waals surface area contributed by atoms with E-state index in [4.69, 9.17) is 0 Å². The van der Waals surface area contributed by atoms with Gasteiger partial charge in [0, 0.05) is 35.3 Å². The van der Waals surface area contributed by atoms with Crippen molar-refractivity contribution in [2.24, 2.45) is 0 Å². The molecule has 1 atom stereocenters. The summed E-state index contributed by atoms with van der Waals surface area (Å²) >= 11 is 1.99. The van der Waals surface area contributed by atoms with Gasteiger partial charge in [-0.25, -0.2) is 0 Å². The molecule has 21 heavy (non-hydrogen) atoms. The molecule has 0 saturated carbocycles. The van der Waals surface area contributed by atoms with Gasteiger partial charge < -0.3 is 10.3 Å². The van der Waals surface area contributed by atoms with E-state index in [0.29, 0.717) is 11.7 Å². The van der Waals surface area contributed by atoms with Crippen LogP contribution in [0.25, 0.3) is 10.9 Å². The molecule has 0 spiro atoms. The molecule has 1 fully saturated rings. The molecule has 2 N–H and O–H groups in total. The molecule has 0 aliphatic carbocycles. The van der Waals surface area contributed by atoms with E-state index >= 15 is 0 Å². The van der Waals surface area contributed by atoms with Crippen LogP contribution in [0.2, 0.25) is 0 Å². The minimum atomic E-state index is 0.197. The number of carbonyl (C=O) groups excluding carboxylic acids is 1. The Morgan fingerprint density at radius 2 is 2.29 bits per heavy atom. The minimum Gasteiger partial charge on any atom is -0.361 e. The van der Waals surface area contributed by atoms with Crippen LogP contribution < -0.4 is 5.32 Å². The first-order chi connectivity index (χ1) is 10.3. The van der Waals surface area contributed by atoms with E-state index in [1.54, 1.807) is 0 Å². The number of hydrogen-bond acceptors (Lipinski definition) is 2. The van der Waals surface area contributed by atoms with E-state index in [0.717, 1.165) is 19.4 Å². The SMILES string of the molecule is O=C(CCCc1c[nH]c2ccccc12)NCC1CCCS1. The second-order valence-corrected chi connectivity index (χ2v) is 7.06. The Bertz CT molecular complexity index is 602. The van der Waals surface area contributed by atoms with E-state index < -0.39 is 0 Å². The lowest BCUT2D eigenvalue weighted by atomic mass is 10.1. The molecule has 3 nitrogen and oxygen atoms in total. The highest BCUT2D eigenvalue weighted by Gasteiger charge is 2.16. The summed E-state index contributed by atoms with van der Waals surface area (Å²) < 4.78 is 0. The third kappa shape index (κ3) is 3.82. The van der Waals surface area contributed by atoms with Crippen LogP contribution in [-0.4, -0.2) is 28.4 Å². The highest BCUT2D eigenvalue weighted by molar-refractivity contribution is 8.00. The van der Waals surface area contributed by atoms with Crippen molar-refractivity contribution in [3.05, 3.63) is 36.0 Å². The number of fused-ring (bicyclic) bond motifs is 1. The smallest absolute Gasteiger partial charge is 0.220 e. The van der Waals surface area contributed by atoms with Gasteiger partial charge in [0.1, 0.15) is 0 Å². The van der Waals surface area contributed by atoms with Crippen molar-refractivity contribution in [3.63, 3.8) is 0 Å². The molecular weight excluding hydrogens is 280 g/mol. The Hall–Kier alpha value is -1.42. The molecule has 112 valence electrons. The van der Waals surface area contributed by atoms with E-state index in [1.165, 1.54) is 35.1 Å². The van der Waals surface area contributed by atoms with Crippen LogP contribution in [0.3, 0.4) is 0 Å². The first-order valence-corrected chi connectivity index (χ1v) is 8.81. The summed E-state index contributed by atoms with van der Waals surface area (Å²) in [5.41, 5.74) is 2.49. The fourth-order valence-corrected chi connectivity index (χ4v) is 4.10. The Morgan fingerprint density at radius 1 is 1.38 bits per heavy atom. The van der Waals surface area contributed by atoms with Crippen LogP contribution in [0.1, 0.15) is 31.2 Å². The summed E-state index contributed by atoms with van der Waals surface area (Å²) in [5, 5.41) is 4.99. The highest BCUT2D eigenvalue weighted by atomic mass is 32.2. The number of benzene rings is 1. The maximum Gasteiger partial charge on any atom is 0.220 e. The molecule has 0 bridgehead atoms. The van der Waals surface area contributed by atoms with Gasteiger partial charge in [0.2, 0.25) is 5.91 Å². The molecular formula is C17H22N2OS. The number of aromatic amines is 1. The molecule has 1 unspecified atom stereocenters. The van der Waals surface area contributed by atoms with E-state index in [-0.39, 0.29) is 5.91 Å². The van der Waals surface area contributed by atoms with Gasteiger partial charge in [0.15, 0.2) is 0 Å². The quantitative estimate of drug-likeness (QED) is 0.858. The van der Waals surface area contributed by atoms with Crippen molar-refractivity contribution in [2.75, 3.05) is 12.3 Å². The predicted octanol–water partition coefficient (Wildman–Crippen LogP) is 3.50. The fourth-order valence-electron chi connectivity index (χ4n) is 2.90. The van der Waals surface area contributed by atoms with Crippen molar-refractivity contribution in [1.29, 1.82) is 0 Å². The number of H-pyrrole nitrogens is 1. The molecule has 1 aliphatic heterocycles. The maximum absolute atomic E-state index is 11.9. The number of aryl methyl sites for hydroxylation is 1. The molecule has 1 saturated heterocycles. The largest absolute Gasteiger partial charge is 0.361 e. The predicted molar refractivity (Wildman–Crippen MR) is 89.7 cm³/mol. The summed E-state index contributed by atoms with van der Waals surface area (Å²) in [4.78, 5) is 15.1. The van der Waals surface area contributed by atoms with Crippen molar-refractivity contribution in [3.8, 4) is 0 Å². The van der Waals surface area contributed by atoms with Crippen molar-refractivity contribution in [2.45, 2.75) is 37.4 Å². The van der Waals surface area contributed by atoms with Crippen molar-refractivity contribution in [1.82, 2.24) is 10.3 Å². The highest BCUT2D eigenvalue weighted by Crippen LogP contribution is 2.25. The number of rotatable bonds is 6. The topological polar surface area (TPSA) is 44.9 Å². The van der Waals surface area contributed by atoms with E-state index in [1.807, 2.05) is 17.8 Å². The van der Waals surface area contributed by atoms with Crippen LogP contribution in [-0.2, 0) is 11.2 Å². The Labute approximate surface area is 129 Å². The standard InChI is InChI=1S/C17H22N2OS/c20-17(19-12-14-6-4-10-21-14)9-3-5-13-11-18-16-8-2-1-7-15(13)16/h1-2,7-8,11,14,18H,3-6,9-10,12H2,(H,19,20). The third-order valence-corrected chi connectivity index (χ3v) is 5.47. The third-order valence-electron chi connectivity index (χ3n) is 4.08. The summed E-state index contributed by atoms with van der Waals surface area (Å²) in [6, 6.07) is 8.33. The number of amides is 1. The van der Waals surface area contributed by atoms with Gasteiger partial charge in [0.05, 0.1) is 0 Å². The number of thioether (sulfide) groups is 1. The molecule has 0 radical (unpaired) electrons. The average Bonchev–Trinajstić information content (AvgIpc) is 3.15. The van der Waals surface area contributed by atoms with Crippen LogP contribution in [0, 0.1) is 0 Å². The second-order valence-electron chi connectivity index (χ2n) is 5.65. The summed E-state index contributed by atoms with van der Waals surface area (Å²) in [7, 11) is 0. The first-order valence-electron chi connectivity index (χ1n) is 7.76. The van der Waals surface area contributed by atoms with Gasteiger partial charge in [-0.3, -0.25) is 4.79 Å². The summed E-state index contributed by atoms with van der Waals surface area (Å²) in [6.07, 6.45) is 7.10. The number of carbonyl (C=O) groups is 1. The van der Waals surface area contributed by atoms with Crippen LogP contribution in [0.4, 0.5) is 0 Å². The number of nitrogens with one attached hydrogen (secondary N) is 2. The van der Waals surface area contributed by atoms with Crippen LogP contribution >= 0.6 is 11.8 Å². The van der Waals surface area contributed by atoms with Gasteiger partial charge in [-0.2, -0.15) is 11.8 Å². The number of aromatic nitrogens is 1. The number of para-hydroxylation sites is 1. The molecule has 4 heteroatoms. The lowest BCUT2D eigenvalue weighted by Gasteiger charge is -2.09. The van der Waals surface area contributed by atoms with Gasteiger partial charge >= 0.3 is 0 Å². The average molecular weight is 302 g/mol. The Balaban J connectivity index is 1.42. The fraction of sp³-hybridized carbons (Fsp3) is 0.471. The van der Waals surface area contributed by atoms with Gasteiger partial charge in [-0.05, 0) is 43.1 Å². The number of hydrogen-bond donors (Lipinski definition) is 2. The molecule has 1 aliphatic rings. The minimum absolute atomic E-state index is 0.197. The molecule has 3 rings (SSSR count). The molecule has 2 heterocycles. The summed E-state index contributed by atoms with van der Waals surface area (Å²) in [5.74, 6) is 1.45.